The number of likely N-dealkylation sites (N-methyl/N-ethyl adjacent to an activating group) is 1. The first kappa shape index (κ1) is 24.3. The van der Waals surface area contributed by atoms with Crippen molar-refractivity contribution in [1.82, 2.24) is 34.8 Å². The van der Waals surface area contributed by atoms with Gasteiger partial charge in [-0.3, -0.25) is 4.90 Å². The van der Waals surface area contributed by atoms with E-state index in [1.807, 2.05) is 36.5 Å². The minimum Gasteiger partial charge on any atom is -0.371 e. The molecule has 6 rings (SSSR count). The Bertz CT molecular complexity index is 1460. The summed E-state index contributed by atoms with van der Waals surface area (Å²) in [7, 11) is 0. The van der Waals surface area contributed by atoms with Crippen LogP contribution in [0.25, 0.3) is 21.1 Å². The van der Waals surface area contributed by atoms with E-state index in [1.54, 1.807) is 36.1 Å². The lowest BCUT2D eigenvalue weighted by Crippen LogP contribution is -2.25. The monoisotopic (exact) mass is 520 g/mol. The molecule has 5 aromatic rings. The number of nitrogens with zero attached hydrogens (tertiary/aromatic N) is 8. The lowest BCUT2D eigenvalue weighted by molar-refractivity contribution is 0.232. The van der Waals surface area contributed by atoms with Crippen molar-refractivity contribution < 1.29 is 0 Å². The van der Waals surface area contributed by atoms with Crippen LogP contribution >= 0.6 is 11.3 Å². The molecule has 0 saturated heterocycles. The van der Waals surface area contributed by atoms with Gasteiger partial charge in [0.2, 0.25) is 0 Å². The van der Waals surface area contributed by atoms with Gasteiger partial charge in [-0.25, -0.2) is 29.9 Å². The van der Waals surface area contributed by atoms with E-state index < -0.39 is 0 Å². The molecule has 0 unspecified atom stereocenters. The Morgan fingerprint density at radius 1 is 0.842 bits per heavy atom. The van der Waals surface area contributed by atoms with Gasteiger partial charge in [-0.2, -0.15) is 0 Å². The van der Waals surface area contributed by atoms with Crippen molar-refractivity contribution in [2.75, 3.05) is 18.0 Å². The number of hydrogen-bond donors (Lipinski definition) is 0. The molecule has 0 radical (unpaired) electrons. The van der Waals surface area contributed by atoms with Crippen LogP contribution in [0.1, 0.15) is 29.8 Å². The summed E-state index contributed by atoms with van der Waals surface area (Å²) in [6, 6.07) is 16.5. The van der Waals surface area contributed by atoms with Gasteiger partial charge in [0.25, 0.3) is 0 Å². The van der Waals surface area contributed by atoms with Gasteiger partial charge in [0.05, 0.1) is 29.4 Å². The predicted molar refractivity (Wildman–Crippen MR) is 149 cm³/mol. The quantitative estimate of drug-likeness (QED) is 0.267. The third kappa shape index (κ3) is 5.44. The topological polar surface area (TPSA) is 83.8 Å². The summed E-state index contributed by atoms with van der Waals surface area (Å²) in [5.74, 6) is 1.50. The van der Waals surface area contributed by atoms with E-state index in [-0.39, 0.29) is 0 Å². The van der Waals surface area contributed by atoms with Gasteiger partial charge < -0.3 is 4.90 Å². The summed E-state index contributed by atoms with van der Waals surface area (Å²) >= 11 is 1.68. The van der Waals surface area contributed by atoms with Crippen molar-refractivity contribution in [1.29, 1.82) is 0 Å². The first-order valence-corrected chi connectivity index (χ1v) is 13.6. The fraction of sp³-hybridized carbons (Fsp3) is 0.241. The normalized spacial score (nSPS) is 12.7. The van der Waals surface area contributed by atoms with E-state index in [9.17, 15) is 0 Å². The summed E-state index contributed by atoms with van der Waals surface area (Å²) in [4.78, 5) is 33.1. The number of fused-ring (bicyclic) bond motifs is 1. The Morgan fingerprint density at radius 3 is 2.29 bits per heavy atom. The van der Waals surface area contributed by atoms with E-state index in [1.165, 1.54) is 16.8 Å². The van der Waals surface area contributed by atoms with E-state index in [2.05, 4.69) is 54.9 Å². The number of aromatic nitrogens is 6. The highest BCUT2D eigenvalue weighted by Crippen LogP contribution is 2.36. The lowest BCUT2D eigenvalue weighted by Gasteiger charge is -2.20. The number of benzene rings is 1. The van der Waals surface area contributed by atoms with Crippen LogP contribution in [0.2, 0.25) is 0 Å². The lowest BCUT2D eigenvalue weighted by atomic mass is 10.1. The Labute approximate surface area is 226 Å². The molecule has 1 aromatic carbocycles. The number of hydrogen-bond acceptors (Lipinski definition) is 9. The van der Waals surface area contributed by atoms with Crippen LogP contribution in [-0.2, 0) is 26.1 Å². The molecule has 0 spiro atoms. The number of pyridine rings is 1. The van der Waals surface area contributed by atoms with Gasteiger partial charge in [0, 0.05) is 56.3 Å². The van der Waals surface area contributed by atoms with Crippen molar-refractivity contribution in [3.05, 3.63) is 102 Å². The maximum Gasteiger partial charge on any atom is 0.142 e. The predicted octanol–water partition coefficient (Wildman–Crippen LogP) is 5.04. The molecule has 0 atom stereocenters. The molecule has 5 heterocycles. The molecule has 190 valence electrons. The Hall–Kier alpha value is -4.08. The minimum absolute atomic E-state index is 0.570. The van der Waals surface area contributed by atoms with E-state index >= 15 is 0 Å². The molecule has 0 N–H and O–H groups in total. The van der Waals surface area contributed by atoms with Gasteiger partial charge in [0.1, 0.15) is 16.7 Å². The van der Waals surface area contributed by atoms with Crippen LogP contribution in [0.5, 0.6) is 0 Å². The summed E-state index contributed by atoms with van der Waals surface area (Å²) < 4.78 is 0. The molecule has 0 saturated carbocycles. The zero-order valence-electron chi connectivity index (χ0n) is 21.2. The first-order valence-electron chi connectivity index (χ1n) is 12.8. The molecule has 0 aliphatic carbocycles. The third-order valence-corrected chi connectivity index (χ3v) is 7.69. The first-order chi connectivity index (χ1) is 18.7. The highest BCUT2D eigenvalue weighted by Gasteiger charge is 2.19. The van der Waals surface area contributed by atoms with Gasteiger partial charge >= 0.3 is 0 Å². The Morgan fingerprint density at radius 2 is 1.58 bits per heavy atom. The van der Waals surface area contributed by atoms with Crippen molar-refractivity contribution in [2.45, 2.75) is 33.0 Å². The molecule has 1 aliphatic rings. The maximum absolute atomic E-state index is 4.97. The number of rotatable bonds is 9. The van der Waals surface area contributed by atoms with Crippen molar-refractivity contribution in [2.24, 2.45) is 0 Å². The van der Waals surface area contributed by atoms with Crippen LogP contribution < -0.4 is 4.90 Å². The standard InChI is InChI=1S/C29H28N8S/c1-2-37-15-10-21-16-22(8-9-25(21)37)26-17-34-29(38-26)24-7-3-6-23(35-24)18-36(19-27-30-11-4-12-31-27)20-28-32-13-5-14-33-28/h3-9,11-14,16-17H,2,10,15,18-20H2,1H3. The molecular weight excluding hydrogens is 492 g/mol. The van der Waals surface area contributed by atoms with E-state index in [4.69, 9.17) is 9.97 Å². The van der Waals surface area contributed by atoms with Gasteiger partial charge in [0.15, 0.2) is 0 Å². The minimum atomic E-state index is 0.570. The Balaban J connectivity index is 1.22. The highest BCUT2D eigenvalue weighted by atomic mass is 32.1. The van der Waals surface area contributed by atoms with E-state index in [0.29, 0.717) is 19.6 Å². The van der Waals surface area contributed by atoms with Crippen molar-refractivity contribution >= 4 is 17.0 Å². The van der Waals surface area contributed by atoms with Gasteiger partial charge in [-0.05, 0) is 60.9 Å². The summed E-state index contributed by atoms with van der Waals surface area (Å²) in [5.41, 5.74) is 5.83. The molecule has 0 fully saturated rings. The van der Waals surface area contributed by atoms with E-state index in [0.717, 1.165) is 52.4 Å². The average molecular weight is 521 g/mol. The SMILES string of the molecule is CCN1CCc2cc(-c3cnc(-c4cccc(CN(Cc5ncccn5)Cc5ncccn5)n4)s3)ccc21. The van der Waals surface area contributed by atoms with Crippen molar-refractivity contribution in [3.8, 4) is 21.1 Å². The average Bonchev–Trinajstić information content (AvgIpc) is 3.62. The van der Waals surface area contributed by atoms with Crippen LogP contribution in [0.4, 0.5) is 5.69 Å². The zero-order valence-corrected chi connectivity index (χ0v) is 22.1. The molecular formula is C29H28N8S. The summed E-state index contributed by atoms with van der Waals surface area (Å²) in [5, 5.41) is 0.918. The largest absolute Gasteiger partial charge is 0.371 e. The molecule has 8 nitrogen and oxygen atoms in total. The van der Waals surface area contributed by atoms with Gasteiger partial charge in [-0.15, -0.1) is 11.3 Å². The fourth-order valence-electron chi connectivity index (χ4n) is 4.78. The van der Waals surface area contributed by atoms with Crippen LogP contribution in [0.15, 0.2) is 79.5 Å². The maximum atomic E-state index is 4.97. The second kappa shape index (κ2) is 11.1. The molecule has 4 aromatic heterocycles. The number of thiazole rings is 1. The summed E-state index contributed by atoms with van der Waals surface area (Å²) in [6.07, 6.45) is 10.1. The van der Waals surface area contributed by atoms with Crippen LogP contribution in [-0.4, -0.2) is 47.9 Å². The van der Waals surface area contributed by atoms with Crippen molar-refractivity contribution in [3.63, 3.8) is 0 Å². The van der Waals surface area contributed by atoms with Crippen LogP contribution in [0.3, 0.4) is 0 Å². The smallest absolute Gasteiger partial charge is 0.142 e. The third-order valence-electron chi connectivity index (χ3n) is 6.62. The number of anilines is 1. The fourth-order valence-corrected chi connectivity index (χ4v) is 5.67. The van der Waals surface area contributed by atoms with Gasteiger partial charge in [-0.1, -0.05) is 12.1 Å². The molecule has 1 aliphatic heterocycles. The molecule has 9 heteroatoms. The van der Waals surface area contributed by atoms with Crippen LogP contribution in [0, 0.1) is 0 Å². The molecule has 0 bridgehead atoms. The molecule has 38 heavy (non-hydrogen) atoms. The second-order valence-electron chi connectivity index (χ2n) is 9.19. The second-order valence-corrected chi connectivity index (χ2v) is 10.2. The Kier molecular flexibility index (Phi) is 7.10. The zero-order chi connectivity index (χ0) is 25.7. The summed E-state index contributed by atoms with van der Waals surface area (Å²) in [6.45, 7) is 6.11. The highest BCUT2D eigenvalue weighted by molar-refractivity contribution is 7.18. The molecule has 0 amide bonds.